The summed E-state index contributed by atoms with van der Waals surface area (Å²) in [5.41, 5.74) is 2.58. The summed E-state index contributed by atoms with van der Waals surface area (Å²) in [5, 5.41) is 8.28. The van der Waals surface area contributed by atoms with Crippen LogP contribution in [0.2, 0.25) is 0 Å². The Hall–Kier alpha value is -1.95. The first-order valence-electron chi connectivity index (χ1n) is 8.39. The van der Waals surface area contributed by atoms with Crippen molar-refractivity contribution < 1.29 is 4.79 Å². The summed E-state index contributed by atoms with van der Waals surface area (Å²) in [6.07, 6.45) is 5.11. The van der Waals surface area contributed by atoms with Gasteiger partial charge in [0.25, 0.3) is 5.91 Å². The van der Waals surface area contributed by atoms with Gasteiger partial charge in [0.1, 0.15) is 0 Å². The van der Waals surface area contributed by atoms with E-state index in [2.05, 4.69) is 22.2 Å². The molecule has 1 amide bonds. The van der Waals surface area contributed by atoms with Crippen molar-refractivity contribution in [2.45, 2.75) is 38.6 Å². The Morgan fingerprint density at radius 2 is 2.22 bits per heavy atom. The second-order valence-electron chi connectivity index (χ2n) is 6.53. The van der Waals surface area contributed by atoms with Gasteiger partial charge < -0.3 is 10.2 Å². The van der Waals surface area contributed by atoms with Crippen molar-refractivity contribution in [3.63, 3.8) is 0 Å². The Kier molecular flexibility index (Phi) is 4.61. The van der Waals surface area contributed by atoms with Gasteiger partial charge in [0.15, 0.2) is 5.65 Å². The lowest BCUT2D eigenvalue weighted by atomic mass is 10.1. The molecule has 0 unspecified atom stereocenters. The van der Waals surface area contributed by atoms with Gasteiger partial charge in [-0.1, -0.05) is 6.92 Å². The van der Waals surface area contributed by atoms with Gasteiger partial charge in [-0.3, -0.25) is 4.79 Å². The first-order chi connectivity index (χ1) is 11.1. The molecule has 1 N–H and O–H groups in total. The third-order valence-electron chi connectivity index (χ3n) is 4.15. The van der Waals surface area contributed by atoms with E-state index < -0.39 is 0 Å². The number of pyridine rings is 1. The van der Waals surface area contributed by atoms with Crippen LogP contribution in [-0.2, 0) is 6.54 Å². The molecule has 0 bridgehead atoms. The quantitative estimate of drug-likeness (QED) is 0.849. The van der Waals surface area contributed by atoms with Crippen LogP contribution in [0.3, 0.4) is 0 Å². The lowest BCUT2D eigenvalue weighted by Crippen LogP contribution is -2.31. The van der Waals surface area contributed by atoms with Gasteiger partial charge in [0.05, 0.1) is 17.1 Å². The molecule has 0 saturated heterocycles. The maximum Gasteiger partial charge on any atom is 0.252 e. The first-order valence-corrected chi connectivity index (χ1v) is 8.39. The fourth-order valence-corrected chi connectivity index (χ4v) is 2.71. The van der Waals surface area contributed by atoms with Crippen LogP contribution in [-0.4, -0.2) is 52.8 Å². The van der Waals surface area contributed by atoms with Gasteiger partial charge in [-0.05, 0) is 39.4 Å². The summed E-state index contributed by atoms with van der Waals surface area (Å²) in [6, 6.07) is 1.96. The number of amides is 1. The largest absolute Gasteiger partial charge is 0.351 e. The van der Waals surface area contributed by atoms with Crippen LogP contribution in [0.5, 0.6) is 0 Å². The highest BCUT2D eigenvalue weighted by atomic mass is 16.1. The third-order valence-corrected chi connectivity index (χ3v) is 4.15. The van der Waals surface area contributed by atoms with Crippen molar-refractivity contribution >= 4 is 16.9 Å². The summed E-state index contributed by atoms with van der Waals surface area (Å²) >= 11 is 0. The van der Waals surface area contributed by atoms with Crippen LogP contribution in [0.25, 0.3) is 11.0 Å². The molecule has 2 aromatic heterocycles. The molecule has 1 saturated carbocycles. The van der Waals surface area contributed by atoms with E-state index in [0.29, 0.717) is 18.0 Å². The average Bonchev–Trinajstić information content (AvgIpc) is 3.29. The fourth-order valence-electron chi connectivity index (χ4n) is 2.71. The Balaban J connectivity index is 1.92. The molecule has 6 nitrogen and oxygen atoms in total. The van der Waals surface area contributed by atoms with Crippen molar-refractivity contribution in [3.8, 4) is 0 Å². The normalized spacial score (nSPS) is 14.6. The molecule has 0 atom stereocenters. The van der Waals surface area contributed by atoms with Crippen molar-refractivity contribution in [1.29, 1.82) is 0 Å². The Bertz CT molecular complexity index is 702. The molecule has 3 rings (SSSR count). The van der Waals surface area contributed by atoms with E-state index in [1.165, 1.54) is 12.8 Å². The molecule has 2 heterocycles. The molecule has 1 aliphatic rings. The molecule has 23 heavy (non-hydrogen) atoms. The van der Waals surface area contributed by atoms with Gasteiger partial charge in [0.2, 0.25) is 0 Å². The number of nitrogens with one attached hydrogen (secondary N) is 1. The highest BCUT2D eigenvalue weighted by Gasteiger charge is 2.27. The lowest BCUT2D eigenvalue weighted by molar-refractivity contribution is 0.0952. The maximum absolute atomic E-state index is 12.6. The number of carbonyl (C=O) groups is 1. The summed E-state index contributed by atoms with van der Waals surface area (Å²) in [5.74, 6) is 0.481. The average molecular weight is 315 g/mol. The number of hydrogen-bond donors (Lipinski definition) is 1. The predicted octanol–water partition coefficient (Wildman–Crippen LogP) is 2.01. The maximum atomic E-state index is 12.6. The highest BCUT2D eigenvalue weighted by molar-refractivity contribution is 6.05. The van der Waals surface area contributed by atoms with Crippen molar-refractivity contribution in [1.82, 2.24) is 25.0 Å². The molecule has 0 radical (unpaired) electrons. The van der Waals surface area contributed by atoms with E-state index in [1.54, 1.807) is 6.20 Å². The third kappa shape index (κ3) is 3.52. The van der Waals surface area contributed by atoms with Crippen LogP contribution in [0, 0.1) is 0 Å². The fraction of sp³-hybridized carbons (Fsp3) is 0.588. The van der Waals surface area contributed by atoms with E-state index in [-0.39, 0.29) is 5.91 Å². The van der Waals surface area contributed by atoms with Crippen LogP contribution >= 0.6 is 0 Å². The molecule has 0 aromatic carbocycles. The van der Waals surface area contributed by atoms with Crippen LogP contribution in [0.15, 0.2) is 12.3 Å². The Morgan fingerprint density at radius 1 is 1.43 bits per heavy atom. The van der Waals surface area contributed by atoms with E-state index in [9.17, 15) is 4.79 Å². The van der Waals surface area contributed by atoms with Crippen LogP contribution in [0.4, 0.5) is 0 Å². The zero-order chi connectivity index (χ0) is 16.4. The van der Waals surface area contributed by atoms with E-state index >= 15 is 0 Å². The van der Waals surface area contributed by atoms with Crippen molar-refractivity contribution in [3.05, 3.63) is 23.5 Å². The molecule has 1 aliphatic carbocycles. The molecular weight excluding hydrogens is 290 g/mol. The van der Waals surface area contributed by atoms with Gasteiger partial charge >= 0.3 is 0 Å². The summed E-state index contributed by atoms with van der Waals surface area (Å²) in [4.78, 5) is 19.4. The number of fused-ring (bicyclic) bond motifs is 1. The highest BCUT2D eigenvalue weighted by Crippen LogP contribution is 2.40. The molecule has 0 spiro atoms. The monoisotopic (exact) mass is 315 g/mol. The van der Waals surface area contributed by atoms with Crippen LogP contribution < -0.4 is 5.32 Å². The number of aryl methyl sites for hydroxylation is 1. The zero-order valence-electron chi connectivity index (χ0n) is 14.2. The number of likely N-dealkylation sites (N-methyl/N-ethyl adjacent to an activating group) is 1. The lowest BCUT2D eigenvalue weighted by Gasteiger charge is -2.11. The SMILES string of the molecule is CCCn1ncc2c(C(=O)NCCN(C)C)cc(C3CC3)nc21. The van der Waals surface area contributed by atoms with Gasteiger partial charge in [0, 0.05) is 31.2 Å². The number of hydrogen-bond acceptors (Lipinski definition) is 4. The Labute approximate surface area is 136 Å². The molecule has 1 fully saturated rings. The Morgan fingerprint density at radius 3 is 2.87 bits per heavy atom. The zero-order valence-corrected chi connectivity index (χ0v) is 14.2. The van der Waals surface area contributed by atoms with Crippen molar-refractivity contribution in [2.24, 2.45) is 0 Å². The topological polar surface area (TPSA) is 63.1 Å². The standard InChI is InChI=1S/C17H25N5O/c1-4-8-22-16-14(11-19-22)13(10-15(20-16)12-5-6-12)17(23)18-7-9-21(2)3/h10-12H,4-9H2,1-3H3,(H,18,23). The van der Waals surface area contributed by atoms with Gasteiger partial charge in [-0.25, -0.2) is 9.67 Å². The number of aromatic nitrogens is 3. The predicted molar refractivity (Wildman–Crippen MR) is 90.7 cm³/mol. The van der Waals surface area contributed by atoms with E-state index in [4.69, 9.17) is 4.98 Å². The second kappa shape index (κ2) is 6.66. The van der Waals surface area contributed by atoms with Gasteiger partial charge in [-0.2, -0.15) is 5.10 Å². The van der Waals surface area contributed by atoms with Crippen LogP contribution in [0.1, 0.15) is 48.2 Å². The molecule has 0 aliphatic heterocycles. The molecule has 6 heteroatoms. The van der Waals surface area contributed by atoms with Gasteiger partial charge in [-0.15, -0.1) is 0 Å². The minimum absolute atomic E-state index is 0.0304. The number of carbonyl (C=O) groups excluding carboxylic acids is 1. The first kappa shape index (κ1) is 15.9. The summed E-state index contributed by atoms with van der Waals surface area (Å²) in [7, 11) is 3.99. The second-order valence-corrected chi connectivity index (χ2v) is 6.53. The molecule has 124 valence electrons. The minimum atomic E-state index is -0.0304. The van der Waals surface area contributed by atoms with E-state index in [0.717, 1.165) is 36.2 Å². The van der Waals surface area contributed by atoms with Crippen molar-refractivity contribution in [2.75, 3.05) is 27.2 Å². The molecular formula is C17H25N5O. The summed E-state index contributed by atoms with van der Waals surface area (Å²) < 4.78 is 1.91. The number of rotatable bonds is 7. The minimum Gasteiger partial charge on any atom is -0.351 e. The molecule has 2 aromatic rings. The summed E-state index contributed by atoms with van der Waals surface area (Å²) in [6.45, 7) is 4.40. The smallest absolute Gasteiger partial charge is 0.252 e. The van der Waals surface area contributed by atoms with E-state index in [1.807, 2.05) is 24.8 Å². The number of nitrogens with zero attached hydrogens (tertiary/aromatic N) is 4.